The van der Waals surface area contributed by atoms with E-state index in [9.17, 15) is 4.79 Å². The molecule has 0 saturated heterocycles. The molecule has 0 unspecified atom stereocenters. The molecule has 3 nitrogen and oxygen atoms in total. The van der Waals surface area contributed by atoms with Crippen LogP contribution in [-0.2, 0) is 4.79 Å². The molecule has 0 amide bonds. The summed E-state index contributed by atoms with van der Waals surface area (Å²) in [5.41, 5.74) is 0. The molecule has 0 aliphatic heterocycles. The third-order valence-electron chi connectivity index (χ3n) is 0.921. The summed E-state index contributed by atoms with van der Waals surface area (Å²) in [7, 11) is 0. The number of carbonyl (C=O) groups excluding carboxylic acids is 1. The Morgan fingerprint density at radius 2 is 1.91 bits per heavy atom. The van der Waals surface area contributed by atoms with Gasteiger partial charge in [0, 0.05) is 0 Å². The zero-order chi connectivity index (χ0) is 9.11. The van der Waals surface area contributed by atoms with E-state index >= 15 is 0 Å². The summed E-state index contributed by atoms with van der Waals surface area (Å²) in [6, 6.07) is 0. The van der Waals surface area contributed by atoms with Crippen LogP contribution in [-0.4, -0.2) is 29.2 Å². The molecule has 0 fully saturated rings. The van der Waals surface area contributed by atoms with Crippen molar-refractivity contribution in [2.24, 2.45) is 0 Å². The number of hydrogen-bond donors (Lipinski definition) is 2. The number of aldehydes is 1. The molecule has 0 bridgehead atoms. The highest BCUT2D eigenvalue weighted by atomic mass is 16.3. The van der Waals surface area contributed by atoms with E-state index in [0.29, 0.717) is 0 Å². The summed E-state index contributed by atoms with van der Waals surface area (Å²) < 4.78 is 0. The third-order valence-corrected chi connectivity index (χ3v) is 0.921. The third kappa shape index (κ3) is 17.7. The lowest BCUT2D eigenvalue weighted by Gasteiger charge is -1.95. The van der Waals surface area contributed by atoms with Crippen LogP contribution in [0.3, 0.4) is 0 Å². The number of hydrogen-bond acceptors (Lipinski definition) is 3. The van der Waals surface area contributed by atoms with Crippen molar-refractivity contribution < 1.29 is 15.0 Å². The topological polar surface area (TPSA) is 57.5 Å². The van der Waals surface area contributed by atoms with Gasteiger partial charge in [-0.1, -0.05) is 13.8 Å². The summed E-state index contributed by atoms with van der Waals surface area (Å²) in [4.78, 5) is 9.33. The van der Waals surface area contributed by atoms with Crippen molar-refractivity contribution in [1.82, 2.24) is 0 Å². The molecule has 0 spiro atoms. The highest BCUT2D eigenvalue weighted by Crippen LogP contribution is 1.86. The minimum atomic E-state index is -1.19. The molecule has 11 heavy (non-hydrogen) atoms. The minimum absolute atomic E-state index is 0.278. The molecule has 0 aliphatic carbocycles. The maximum absolute atomic E-state index is 9.33. The van der Waals surface area contributed by atoms with Crippen molar-refractivity contribution >= 4 is 6.29 Å². The predicted octanol–water partition coefficient (Wildman–Crippen LogP) is 0.549. The lowest BCUT2D eigenvalue weighted by atomic mass is 10.3. The Labute approximate surface area is 68.0 Å². The van der Waals surface area contributed by atoms with Crippen molar-refractivity contribution in [2.45, 2.75) is 32.8 Å². The average molecular weight is 161 g/mol. The Morgan fingerprint density at radius 1 is 1.45 bits per heavy atom. The van der Waals surface area contributed by atoms with Crippen molar-refractivity contribution in [3.05, 3.63) is 6.42 Å². The fraction of sp³-hybridized carbons (Fsp3) is 0.750. The minimum Gasteiger partial charge on any atom is -0.393 e. The second-order valence-corrected chi connectivity index (χ2v) is 1.99. The summed E-state index contributed by atoms with van der Waals surface area (Å²) in [6.45, 7) is 3.83. The van der Waals surface area contributed by atoms with Crippen LogP contribution < -0.4 is 0 Å². The molecule has 0 aromatic carbocycles. The molecule has 68 valence electrons. The van der Waals surface area contributed by atoms with Crippen LogP contribution >= 0.6 is 0 Å². The molecule has 0 saturated carbocycles. The van der Waals surface area contributed by atoms with E-state index in [2.05, 4.69) is 20.3 Å². The molecule has 2 N–H and O–H groups in total. The Kier molecular flexibility index (Phi) is 14.7. The monoisotopic (exact) mass is 161 g/mol. The summed E-state index contributed by atoms with van der Waals surface area (Å²) in [5, 5.41) is 15.9. The fourth-order valence-corrected chi connectivity index (χ4v) is 0.332. The first-order chi connectivity index (χ1) is 5.22. The lowest BCUT2D eigenvalue weighted by Crippen LogP contribution is -2.12. The van der Waals surface area contributed by atoms with Crippen molar-refractivity contribution in [3.8, 4) is 0 Å². The highest BCUT2D eigenvalue weighted by molar-refractivity contribution is 5.55. The van der Waals surface area contributed by atoms with Gasteiger partial charge in [-0.05, 0) is 0 Å². The van der Waals surface area contributed by atoms with Crippen LogP contribution in [0.25, 0.3) is 0 Å². The molecular formula is C8H17O3-. The second-order valence-electron chi connectivity index (χ2n) is 1.99. The molecule has 0 heterocycles. The summed E-state index contributed by atoms with van der Waals surface area (Å²) in [5.74, 6) is 0. The number of rotatable bonds is 4. The van der Waals surface area contributed by atoms with Crippen molar-refractivity contribution in [2.75, 3.05) is 6.61 Å². The van der Waals surface area contributed by atoms with E-state index in [1.807, 2.05) is 0 Å². The first-order valence-electron chi connectivity index (χ1n) is 3.78. The standard InChI is InChI=1S/C5H11.C3H6O3/c1-3-5-4-2;4-1-3(6)2-5/h5H,3-4H2,1-2H3;1,3,5-6H,2H2/q-1;/t;3-/m.0/s1. The van der Waals surface area contributed by atoms with Crippen LogP contribution in [0.15, 0.2) is 0 Å². The maximum atomic E-state index is 9.33. The second kappa shape index (κ2) is 12.3. The zero-order valence-electron chi connectivity index (χ0n) is 7.16. The van der Waals surface area contributed by atoms with E-state index in [0.717, 1.165) is 0 Å². The van der Waals surface area contributed by atoms with Gasteiger partial charge in [-0.2, -0.15) is 12.8 Å². The lowest BCUT2D eigenvalue weighted by molar-refractivity contribution is -0.116. The van der Waals surface area contributed by atoms with E-state index in [1.54, 1.807) is 0 Å². The van der Waals surface area contributed by atoms with Crippen molar-refractivity contribution in [3.63, 3.8) is 0 Å². The van der Waals surface area contributed by atoms with Gasteiger partial charge in [-0.15, -0.1) is 0 Å². The SMILES string of the molecule is CC[CH-]CC.O=C[C@H](O)CO. The number of carbonyl (C=O) groups is 1. The van der Waals surface area contributed by atoms with Crippen LogP contribution in [0.5, 0.6) is 0 Å². The largest absolute Gasteiger partial charge is 0.393 e. The molecule has 3 heteroatoms. The number of aliphatic hydroxyl groups excluding tert-OH is 2. The number of unbranched alkanes of at least 4 members (excludes halogenated alkanes) is 2. The van der Waals surface area contributed by atoms with E-state index in [4.69, 9.17) is 10.2 Å². The van der Waals surface area contributed by atoms with Gasteiger partial charge < -0.3 is 21.4 Å². The molecular weight excluding hydrogens is 144 g/mol. The van der Waals surface area contributed by atoms with E-state index in [1.165, 1.54) is 12.8 Å². The highest BCUT2D eigenvalue weighted by Gasteiger charge is 1.92. The average Bonchev–Trinajstić information content (AvgIpc) is 2.06. The van der Waals surface area contributed by atoms with Gasteiger partial charge in [0.25, 0.3) is 0 Å². The van der Waals surface area contributed by atoms with Crippen LogP contribution in [0, 0.1) is 6.42 Å². The molecule has 0 aliphatic rings. The molecule has 0 radical (unpaired) electrons. The maximum Gasteiger partial charge on any atom is 0.150 e. The molecule has 1 atom stereocenters. The Balaban J connectivity index is 0. The Morgan fingerprint density at radius 3 is 1.91 bits per heavy atom. The Hall–Kier alpha value is -0.410. The van der Waals surface area contributed by atoms with Gasteiger partial charge in [0.15, 0.2) is 6.29 Å². The first kappa shape index (κ1) is 13.2. The molecule has 0 aromatic rings. The number of aliphatic hydroxyl groups is 2. The Bertz CT molecular complexity index is 71.7. The van der Waals surface area contributed by atoms with E-state index < -0.39 is 12.7 Å². The molecule has 0 aromatic heterocycles. The molecule has 0 rings (SSSR count). The van der Waals surface area contributed by atoms with Crippen LogP contribution in [0.4, 0.5) is 0 Å². The normalized spacial score (nSPS) is 11.3. The van der Waals surface area contributed by atoms with Gasteiger partial charge in [-0.25, -0.2) is 0 Å². The first-order valence-corrected chi connectivity index (χ1v) is 3.78. The van der Waals surface area contributed by atoms with Crippen molar-refractivity contribution in [1.29, 1.82) is 0 Å². The van der Waals surface area contributed by atoms with Gasteiger partial charge in [0.1, 0.15) is 6.10 Å². The quantitative estimate of drug-likeness (QED) is 0.467. The summed E-state index contributed by atoms with van der Waals surface area (Å²) >= 11 is 0. The predicted molar refractivity (Wildman–Crippen MR) is 44.0 cm³/mol. The van der Waals surface area contributed by atoms with Gasteiger partial charge in [0.05, 0.1) is 6.61 Å². The van der Waals surface area contributed by atoms with Crippen LogP contribution in [0.2, 0.25) is 0 Å². The fourth-order valence-electron chi connectivity index (χ4n) is 0.332. The van der Waals surface area contributed by atoms with Gasteiger partial charge in [-0.3, -0.25) is 0 Å². The van der Waals surface area contributed by atoms with Crippen LogP contribution in [0.1, 0.15) is 26.7 Å². The van der Waals surface area contributed by atoms with Gasteiger partial charge in [0.2, 0.25) is 0 Å². The van der Waals surface area contributed by atoms with Gasteiger partial charge >= 0.3 is 0 Å². The smallest absolute Gasteiger partial charge is 0.150 e. The zero-order valence-corrected chi connectivity index (χ0v) is 7.16. The summed E-state index contributed by atoms with van der Waals surface area (Å²) in [6.07, 6.45) is 3.78. The van der Waals surface area contributed by atoms with E-state index in [-0.39, 0.29) is 6.29 Å².